The standard InChI is InChI=1S/C30H26N8O3/c1-40-19-28(39)35-30-33-25(22-11-6-8-20(14-22)16-31)15-26(34-30)27-18-38(37-36-27)17-23-12-7-13-24(32-23)29(41-2)21-9-4-3-5-10-21/h3-15,18,29H,17,19H2,1-2H3,(H,33,34,35,39). The van der Waals surface area contributed by atoms with E-state index in [4.69, 9.17) is 14.5 Å². The monoisotopic (exact) mass is 546 g/mol. The third-order valence-corrected chi connectivity index (χ3v) is 6.10. The maximum absolute atomic E-state index is 12.2. The SMILES string of the molecule is COCC(=O)Nc1nc(-c2cccc(C#N)c2)cc(-c2cn(Cc3cccc(C(OC)c4ccccc4)n3)nn2)n1. The van der Waals surface area contributed by atoms with E-state index in [1.54, 1.807) is 42.3 Å². The van der Waals surface area contributed by atoms with Crippen molar-refractivity contribution in [3.63, 3.8) is 0 Å². The van der Waals surface area contributed by atoms with E-state index in [-0.39, 0.29) is 18.7 Å². The lowest BCUT2D eigenvalue weighted by atomic mass is 10.1. The minimum absolute atomic E-state index is 0.0809. The Morgan fingerprint density at radius 1 is 0.951 bits per heavy atom. The number of carbonyl (C=O) groups excluding carboxylic acids is 1. The summed E-state index contributed by atoms with van der Waals surface area (Å²) >= 11 is 0. The maximum atomic E-state index is 12.2. The van der Waals surface area contributed by atoms with Gasteiger partial charge in [0.2, 0.25) is 5.95 Å². The van der Waals surface area contributed by atoms with Gasteiger partial charge in [-0.2, -0.15) is 5.26 Å². The molecule has 1 unspecified atom stereocenters. The van der Waals surface area contributed by atoms with Gasteiger partial charge in [-0.1, -0.05) is 53.7 Å². The smallest absolute Gasteiger partial charge is 0.252 e. The van der Waals surface area contributed by atoms with Gasteiger partial charge >= 0.3 is 0 Å². The van der Waals surface area contributed by atoms with Crippen molar-refractivity contribution in [2.24, 2.45) is 0 Å². The summed E-state index contributed by atoms with van der Waals surface area (Å²) in [7, 11) is 3.09. The zero-order chi connectivity index (χ0) is 28.6. The molecule has 0 fully saturated rings. The van der Waals surface area contributed by atoms with E-state index in [1.165, 1.54) is 7.11 Å². The Balaban J connectivity index is 1.43. The number of nitrogens with zero attached hydrogens (tertiary/aromatic N) is 7. The predicted octanol–water partition coefficient (Wildman–Crippen LogP) is 4.04. The fourth-order valence-electron chi connectivity index (χ4n) is 4.27. The average molecular weight is 547 g/mol. The number of rotatable bonds is 10. The van der Waals surface area contributed by atoms with Crippen molar-refractivity contribution < 1.29 is 14.3 Å². The molecule has 41 heavy (non-hydrogen) atoms. The predicted molar refractivity (Wildman–Crippen MR) is 150 cm³/mol. The molecule has 0 aliphatic heterocycles. The number of hydrogen-bond acceptors (Lipinski definition) is 9. The second-order valence-electron chi connectivity index (χ2n) is 9.02. The zero-order valence-electron chi connectivity index (χ0n) is 22.4. The molecule has 0 aliphatic carbocycles. The fourth-order valence-corrected chi connectivity index (χ4v) is 4.27. The lowest BCUT2D eigenvalue weighted by Gasteiger charge is -2.16. The number of methoxy groups -OCH3 is 2. The molecule has 0 aliphatic rings. The summed E-state index contributed by atoms with van der Waals surface area (Å²) in [6.07, 6.45) is 1.45. The number of aromatic nitrogens is 6. The topological polar surface area (TPSA) is 141 Å². The number of benzene rings is 2. The van der Waals surface area contributed by atoms with Gasteiger partial charge in [-0.05, 0) is 35.9 Å². The van der Waals surface area contributed by atoms with Crippen LogP contribution in [-0.2, 0) is 20.8 Å². The van der Waals surface area contributed by atoms with Crippen LogP contribution >= 0.6 is 0 Å². The molecule has 3 heterocycles. The highest BCUT2D eigenvalue weighted by Gasteiger charge is 2.17. The summed E-state index contributed by atoms with van der Waals surface area (Å²) in [5.74, 6) is -0.321. The number of amides is 1. The van der Waals surface area contributed by atoms with E-state index in [0.717, 1.165) is 17.0 Å². The summed E-state index contributed by atoms with van der Waals surface area (Å²) in [6.45, 7) is 0.217. The normalized spacial score (nSPS) is 11.5. The molecule has 5 rings (SSSR count). The lowest BCUT2D eigenvalue weighted by molar-refractivity contribution is -0.119. The molecule has 0 radical (unpaired) electrons. The van der Waals surface area contributed by atoms with Crippen LogP contribution in [0.2, 0.25) is 0 Å². The highest BCUT2D eigenvalue weighted by Crippen LogP contribution is 2.26. The third kappa shape index (κ3) is 6.65. The van der Waals surface area contributed by atoms with Crippen molar-refractivity contribution in [3.8, 4) is 28.7 Å². The maximum Gasteiger partial charge on any atom is 0.252 e. The van der Waals surface area contributed by atoms with Crippen molar-refractivity contribution in [3.05, 3.63) is 108 Å². The zero-order valence-corrected chi connectivity index (χ0v) is 22.4. The second kappa shape index (κ2) is 12.7. The molecule has 204 valence electrons. The van der Waals surface area contributed by atoms with E-state index in [2.05, 4.69) is 31.7 Å². The third-order valence-electron chi connectivity index (χ3n) is 6.10. The number of ether oxygens (including phenoxy) is 2. The van der Waals surface area contributed by atoms with Crippen LogP contribution in [0.4, 0.5) is 5.95 Å². The summed E-state index contributed by atoms with van der Waals surface area (Å²) in [6, 6.07) is 26.6. The first-order valence-electron chi connectivity index (χ1n) is 12.7. The molecule has 5 aromatic rings. The van der Waals surface area contributed by atoms with Gasteiger partial charge in [0, 0.05) is 19.8 Å². The first-order chi connectivity index (χ1) is 20.1. The van der Waals surface area contributed by atoms with E-state index in [1.807, 2.05) is 54.6 Å². The van der Waals surface area contributed by atoms with Gasteiger partial charge < -0.3 is 9.47 Å². The molecule has 0 saturated heterocycles. The number of pyridine rings is 1. The molecule has 1 N–H and O–H groups in total. The van der Waals surface area contributed by atoms with Crippen molar-refractivity contribution >= 4 is 11.9 Å². The number of anilines is 1. The second-order valence-corrected chi connectivity index (χ2v) is 9.02. The minimum Gasteiger partial charge on any atom is -0.375 e. The fraction of sp³-hybridized carbons (Fsp3) is 0.167. The van der Waals surface area contributed by atoms with Crippen LogP contribution in [0.5, 0.6) is 0 Å². The molecule has 1 atom stereocenters. The molecule has 0 saturated carbocycles. The van der Waals surface area contributed by atoms with Crippen LogP contribution in [0.25, 0.3) is 22.6 Å². The molecule has 1 amide bonds. The average Bonchev–Trinajstić information content (AvgIpc) is 3.47. The molecule has 0 spiro atoms. The van der Waals surface area contributed by atoms with Crippen molar-refractivity contribution in [1.29, 1.82) is 5.26 Å². The molecule has 11 heteroatoms. The molecular weight excluding hydrogens is 520 g/mol. The molecule has 11 nitrogen and oxygen atoms in total. The Bertz CT molecular complexity index is 1700. The number of nitriles is 1. The highest BCUT2D eigenvalue weighted by atomic mass is 16.5. The van der Waals surface area contributed by atoms with Crippen LogP contribution in [0.15, 0.2) is 85.1 Å². The van der Waals surface area contributed by atoms with Crippen LogP contribution < -0.4 is 5.32 Å². The Labute approximate surface area is 236 Å². The summed E-state index contributed by atoms with van der Waals surface area (Å²) in [5.41, 5.74) is 5.18. The minimum atomic E-state index is -0.402. The van der Waals surface area contributed by atoms with Crippen LogP contribution in [0.3, 0.4) is 0 Å². The van der Waals surface area contributed by atoms with Crippen molar-refractivity contribution in [1.82, 2.24) is 29.9 Å². The van der Waals surface area contributed by atoms with E-state index >= 15 is 0 Å². The first kappa shape index (κ1) is 27.3. The molecule has 0 bridgehead atoms. The number of carbonyl (C=O) groups is 1. The summed E-state index contributed by atoms with van der Waals surface area (Å²) in [5, 5.41) is 20.6. The van der Waals surface area contributed by atoms with Gasteiger partial charge in [-0.15, -0.1) is 5.10 Å². The number of nitrogens with one attached hydrogen (secondary N) is 1. The van der Waals surface area contributed by atoms with E-state index in [0.29, 0.717) is 34.8 Å². The largest absolute Gasteiger partial charge is 0.375 e. The Kier molecular flexibility index (Phi) is 8.44. The van der Waals surface area contributed by atoms with Gasteiger partial charge in [-0.3, -0.25) is 15.1 Å². The Hall–Kier alpha value is -5.31. The van der Waals surface area contributed by atoms with Crippen molar-refractivity contribution in [2.75, 3.05) is 26.1 Å². The van der Waals surface area contributed by atoms with Crippen molar-refractivity contribution in [2.45, 2.75) is 12.6 Å². The summed E-state index contributed by atoms with van der Waals surface area (Å²) < 4.78 is 12.3. The molecule has 3 aromatic heterocycles. The van der Waals surface area contributed by atoms with Crippen LogP contribution in [0.1, 0.15) is 28.6 Å². The van der Waals surface area contributed by atoms with Gasteiger partial charge in [0.25, 0.3) is 5.91 Å². The number of hydrogen-bond donors (Lipinski definition) is 1. The first-order valence-corrected chi connectivity index (χ1v) is 12.7. The van der Waals surface area contributed by atoms with Gasteiger partial charge in [0.1, 0.15) is 18.4 Å². The van der Waals surface area contributed by atoms with E-state index < -0.39 is 5.91 Å². The molecular formula is C30H26N8O3. The Morgan fingerprint density at radius 3 is 2.54 bits per heavy atom. The van der Waals surface area contributed by atoms with Gasteiger partial charge in [-0.25, -0.2) is 14.6 Å². The van der Waals surface area contributed by atoms with Gasteiger partial charge in [0.15, 0.2) is 0 Å². The van der Waals surface area contributed by atoms with Gasteiger partial charge in [0.05, 0.1) is 47.1 Å². The molecule has 2 aromatic carbocycles. The van der Waals surface area contributed by atoms with E-state index in [9.17, 15) is 10.1 Å². The Morgan fingerprint density at radius 2 is 1.76 bits per heavy atom. The quantitative estimate of drug-likeness (QED) is 0.275. The summed E-state index contributed by atoms with van der Waals surface area (Å²) in [4.78, 5) is 26.0. The van der Waals surface area contributed by atoms with Crippen LogP contribution in [-0.4, -0.2) is 56.7 Å². The van der Waals surface area contributed by atoms with Crippen LogP contribution in [0, 0.1) is 11.3 Å². The highest BCUT2D eigenvalue weighted by molar-refractivity contribution is 5.90. The lowest BCUT2D eigenvalue weighted by Crippen LogP contribution is -2.19.